The molecule has 0 saturated carbocycles. The molecule has 1 aromatic rings. The van der Waals surface area contributed by atoms with E-state index in [-0.39, 0.29) is 11.9 Å². The molecule has 144 valence electrons. The second kappa shape index (κ2) is 9.95. The Morgan fingerprint density at radius 3 is 2.54 bits per heavy atom. The van der Waals surface area contributed by atoms with Gasteiger partial charge in [-0.15, -0.1) is 0 Å². The Morgan fingerprint density at radius 2 is 1.92 bits per heavy atom. The number of hydrogen-bond donors (Lipinski definition) is 1. The van der Waals surface area contributed by atoms with E-state index >= 15 is 0 Å². The molecule has 1 aliphatic heterocycles. The Morgan fingerprint density at radius 1 is 1.27 bits per heavy atom. The number of piperidine rings is 1. The fourth-order valence-electron chi connectivity index (χ4n) is 3.12. The van der Waals surface area contributed by atoms with Gasteiger partial charge in [0, 0.05) is 37.1 Å². The van der Waals surface area contributed by atoms with Gasteiger partial charge in [-0.05, 0) is 52.7 Å². The van der Waals surface area contributed by atoms with Crippen LogP contribution in [0.25, 0.3) is 0 Å². The molecule has 1 aliphatic rings. The largest absolute Gasteiger partial charge is 0.343 e. The van der Waals surface area contributed by atoms with Gasteiger partial charge in [0.05, 0.1) is 5.69 Å². The van der Waals surface area contributed by atoms with Crippen molar-refractivity contribution >= 4 is 33.6 Å². The van der Waals surface area contributed by atoms with Crippen LogP contribution in [-0.2, 0) is 4.79 Å². The summed E-state index contributed by atoms with van der Waals surface area (Å²) in [5.41, 5.74) is 0.739. The first kappa shape index (κ1) is 20.7. The third-order valence-electron chi connectivity index (χ3n) is 4.72. The lowest BCUT2D eigenvalue weighted by molar-refractivity contribution is -0.132. The first-order valence-electron chi connectivity index (χ1n) is 9.45. The minimum atomic E-state index is -0.161. The van der Waals surface area contributed by atoms with Crippen LogP contribution in [0.2, 0.25) is 0 Å². The van der Waals surface area contributed by atoms with Gasteiger partial charge < -0.3 is 15.1 Å². The van der Waals surface area contributed by atoms with Gasteiger partial charge in [-0.25, -0.2) is 4.79 Å². The molecule has 6 heteroatoms. The number of benzene rings is 1. The minimum Gasteiger partial charge on any atom is -0.343 e. The molecule has 1 aromatic carbocycles. The molecule has 1 N–H and O–H groups in total. The maximum absolute atomic E-state index is 12.7. The van der Waals surface area contributed by atoms with Crippen LogP contribution >= 0.6 is 15.9 Å². The maximum atomic E-state index is 12.7. The number of anilines is 1. The fraction of sp³-hybridized carbons (Fsp3) is 0.600. The average molecular weight is 424 g/mol. The Labute approximate surface area is 165 Å². The predicted octanol–water partition coefficient (Wildman–Crippen LogP) is 4.59. The maximum Gasteiger partial charge on any atom is 0.321 e. The Balaban J connectivity index is 1.92. The van der Waals surface area contributed by atoms with Crippen LogP contribution < -0.4 is 5.32 Å². The first-order chi connectivity index (χ1) is 12.4. The number of likely N-dealkylation sites (tertiary alicyclic amines) is 1. The van der Waals surface area contributed by atoms with Gasteiger partial charge in [0.2, 0.25) is 5.91 Å². The highest BCUT2D eigenvalue weighted by atomic mass is 79.9. The predicted molar refractivity (Wildman–Crippen MR) is 109 cm³/mol. The summed E-state index contributed by atoms with van der Waals surface area (Å²) in [6.45, 7) is 9.14. The molecule has 1 heterocycles. The van der Waals surface area contributed by atoms with Gasteiger partial charge in [-0.1, -0.05) is 32.9 Å². The van der Waals surface area contributed by atoms with E-state index in [9.17, 15) is 9.59 Å². The van der Waals surface area contributed by atoms with Gasteiger partial charge in [-0.3, -0.25) is 4.79 Å². The highest BCUT2D eigenvalue weighted by Gasteiger charge is 2.22. The smallest absolute Gasteiger partial charge is 0.321 e. The number of para-hydroxylation sites is 1. The van der Waals surface area contributed by atoms with Crippen molar-refractivity contribution in [1.82, 2.24) is 9.80 Å². The fourth-order valence-corrected chi connectivity index (χ4v) is 3.50. The molecule has 3 amide bonds. The molecule has 0 bridgehead atoms. The van der Waals surface area contributed by atoms with E-state index in [2.05, 4.69) is 42.0 Å². The van der Waals surface area contributed by atoms with Crippen LogP contribution in [0.3, 0.4) is 0 Å². The number of nitrogens with one attached hydrogen (secondary N) is 1. The van der Waals surface area contributed by atoms with E-state index < -0.39 is 0 Å². The van der Waals surface area contributed by atoms with Crippen molar-refractivity contribution in [2.24, 2.45) is 11.8 Å². The molecule has 0 unspecified atom stereocenters. The Hall–Kier alpha value is -1.56. The summed E-state index contributed by atoms with van der Waals surface area (Å²) in [5, 5.41) is 2.94. The molecular weight excluding hydrogens is 394 g/mol. The van der Waals surface area contributed by atoms with E-state index in [0.717, 1.165) is 36.1 Å². The van der Waals surface area contributed by atoms with Crippen molar-refractivity contribution < 1.29 is 9.59 Å². The molecule has 0 atom stereocenters. The number of carbonyl (C=O) groups excluding carboxylic acids is 2. The van der Waals surface area contributed by atoms with E-state index in [1.54, 1.807) is 4.90 Å². The second-order valence-corrected chi connectivity index (χ2v) is 8.42. The molecular formula is C20H30BrN3O2. The first-order valence-corrected chi connectivity index (χ1v) is 10.2. The number of urea groups is 1. The highest BCUT2D eigenvalue weighted by molar-refractivity contribution is 9.10. The third kappa shape index (κ3) is 6.31. The second-order valence-electron chi connectivity index (χ2n) is 7.56. The summed E-state index contributed by atoms with van der Waals surface area (Å²) >= 11 is 3.45. The van der Waals surface area contributed by atoms with Gasteiger partial charge >= 0.3 is 6.03 Å². The number of halogens is 1. The molecule has 0 spiro atoms. The number of nitrogens with zero attached hydrogens (tertiary/aromatic N) is 2. The van der Waals surface area contributed by atoms with Crippen LogP contribution in [0.1, 0.15) is 40.0 Å². The van der Waals surface area contributed by atoms with Gasteiger partial charge in [0.15, 0.2) is 0 Å². The van der Waals surface area contributed by atoms with E-state index in [1.807, 2.05) is 29.2 Å². The average Bonchev–Trinajstić information content (AvgIpc) is 2.60. The van der Waals surface area contributed by atoms with Crippen molar-refractivity contribution in [2.45, 2.75) is 40.0 Å². The number of hydrogen-bond acceptors (Lipinski definition) is 2. The monoisotopic (exact) mass is 423 g/mol. The van der Waals surface area contributed by atoms with Crippen molar-refractivity contribution in [3.63, 3.8) is 0 Å². The van der Waals surface area contributed by atoms with Crippen molar-refractivity contribution in [1.29, 1.82) is 0 Å². The van der Waals surface area contributed by atoms with Crippen molar-refractivity contribution in [3.05, 3.63) is 28.7 Å². The molecule has 0 aliphatic carbocycles. The standard InChI is InChI=1S/C20H30BrN3O2/c1-15(2)14-24(20(26)22-18-7-5-4-6-17(18)21)13-10-19(25)23-11-8-16(3)9-12-23/h4-7,15-16H,8-14H2,1-3H3,(H,22,26). The number of amides is 3. The van der Waals surface area contributed by atoms with Gasteiger partial charge in [0.25, 0.3) is 0 Å². The van der Waals surface area contributed by atoms with Crippen molar-refractivity contribution in [3.8, 4) is 0 Å². The summed E-state index contributed by atoms with van der Waals surface area (Å²) in [5.74, 6) is 1.19. The molecule has 5 nitrogen and oxygen atoms in total. The van der Waals surface area contributed by atoms with Gasteiger partial charge in [-0.2, -0.15) is 0 Å². The van der Waals surface area contributed by atoms with Crippen molar-refractivity contribution in [2.75, 3.05) is 31.5 Å². The quantitative estimate of drug-likeness (QED) is 0.727. The van der Waals surface area contributed by atoms with Gasteiger partial charge in [0.1, 0.15) is 0 Å². The van der Waals surface area contributed by atoms with E-state index in [1.165, 1.54) is 0 Å². The van der Waals surface area contributed by atoms with E-state index in [0.29, 0.717) is 31.3 Å². The number of carbonyl (C=O) groups is 2. The molecule has 0 aromatic heterocycles. The molecule has 2 rings (SSSR count). The summed E-state index contributed by atoms with van der Waals surface area (Å²) in [7, 11) is 0. The SMILES string of the molecule is CC(C)CN(CCC(=O)N1CCC(C)CC1)C(=O)Nc1ccccc1Br. The zero-order valence-electron chi connectivity index (χ0n) is 16.0. The van der Waals surface area contributed by atoms with Crippen LogP contribution in [-0.4, -0.2) is 47.9 Å². The zero-order chi connectivity index (χ0) is 19.1. The Kier molecular flexibility index (Phi) is 7.94. The molecule has 1 fully saturated rings. The molecule has 26 heavy (non-hydrogen) atoms. The summed E-state index contributed by atoms with van der Waals surface area (Å²) < 4.78 is 0.844. The lowest BCUT2D eigenvalue weighted by atomic mass is 9.99. The van der Waals surface area contributed by atoms with E-state index in [4.69, 9.17) is 0 Å². The lowest BCUT2D eigenvalue weighted by Gasteiger charge is -2.31. The zero-order valence-corrected chi connectivity index (χ0v) is 17.6. The summed E-state index contributed by atoms with van der Waals surface area (Å²) in [6, 6.07) is 7.38. The highest BCUT2D eigenvalue weighted by Crippen LogP contribution is 2.22. The van der Waals surface area contributed by atoms with Crippen LogP contribution in [0.5, 0.6) is 0 Å². The third-order valence-corrected chi connectivity index (χ3v) is 5.41. The molecule has 0 radical (unpaired) electrons. The summed E-state index contributed by atoms with van der Waals surface area (Å²) in [6.07, 6.45) is 2.53. The topological polar surface area (TPSA) is 52.7 Å². The lowest BCUT2D eigenvalue weighted by Crippen LogP contribution is -2.42. The van der Waals surface area contributed by atoms with Crippen LogP contribution in [0.15, 0.2) is 28.7 Å². The molecule has 1 saturated heterocycles. The van der Waals surface area contributed by atoms with Crippen LogP contribution in [0, 0.1) is 11.8 Å². The normalized spacial score (nSPS) is 15.2. The van der Waals surface area contributed by atoms with Crippen LogP contribution in [0.4, 0.5) is 10.5 Å². The number of rotatable bonds is 6. The minimum absolute atomic E-state index is 0.152. The Bertz CT molecular complexity index is 613. The summed E-state index contributed by atoms with van der Waals surface area (Å²) in [4.78, 5) is 28.9.